The second-order valence-corrected chi connectivity index (χ2v) is 8.11. The van der Waals surface area contributed by atoms with Gasteiger partial charge in [-0.05, 0) is 55.5 Å². The van der Waals surface area contributed by atoms with Gasteiger partial charge in [0.2, 0.25) is 0 Å². The summed E-state index contributed by atoms with van der Waals surface area (Å²) in [6, 6.07) is 4.49. The molecule has 0 spiro atoms. The van der Waals surface area contributed by atoms with Crippen LogP contribution < -0.4 is 10.6 Å². The quantitative estimate of drug-likeness (QED) is 0.850. The van der Waals surface area contributed by atoms with E-state index in [1.54, 1.807) is 11.3 Å². The lowest BCUT2D eigenvalue weighted by molar-refractivity contribution is 0.240. The van der Waals surface area contributed by atoms with Crippen LogP contribution >= 0.6 is 11.3 Å². The first-order chi connectivity index (χ1) is 12.3. The lowest BCUT2D eigenvalue weighted by Crippen LogP contribution is -2.34. The Bertz CT molecular complexity index is 716. The summed E-state index contributed by atoms with van der Waals surface area (Å²) in [5.74, 6) is 0. The van der Waals surface area contributed by atoms with E-state index in [1.807, 2.05) is 17.5 Å². The van der Waals surface area contributed by atoms with Gasteiger partial charge < -0.3 is 10.6 Å². The normalized spacial score (nSPS) is 17.4. The van der Waals surface area contributed by atoms with Crippen molar-refractivity contribution >= 4 is 17.4 Å². The molecule has 2 heterocycles. The first-order valence-electron chi connectivity index (χ1n) is 9.44. The summed E-state index contributed by atoms with van der Waals surface area (Å²) >= 11 is 1.66. The van der Waals surface area contributed by atoms with Crippen molar-refractivity contribution in [3.63, 3.8) is 0 Å². The highest BCUT2D eigenvalue weighted by molar-refractivity contribution is 7.09. The van der Waals surface area contributed by atoms with Crippen LogP contribution in [-0.4, -0.2) is 15.8 Å². The Hall–Kier alpha value is -1.82. The molecule has 2 amide bonds. The van der Waals surface area contributed by atoms with Crippen molar-refractivity contribution in [1.29, 1.82) is 0 Å². The number of hydrogen-bond acceptors (Lipinski definition) is 3. The van der Waals surface area contributed by atoms with Crippen molar-refractivity contribution in [3.05, 3.63) is 39.3 Å². The fourth-order valence-corrected chi connectivity index (χ4v) is 4.75. The highest BCUT2D eigenvalue weighted by Gasteiger charge is 2.26. The minimum absolute atomic E-state index is 0.117. The molecule has 2 aromatic heterocycles. The molecule has 6 heteroatoms. The molecular formula is C19H26N4OS. The van der Waals surface area contributed by atoms with E-state index < -0.39 is 0 Å². The van der Waals surface area contributed by atoms with Crippen LogP contribution in [0.15, 0.2) is 17.5 Å². The minimum atomic E-state index is -0.117. The molecule has 0 unspecified atom stereocenters. The molecule has 25 heavy (non-hydrogen) atoms. The molecule has 1 fully saturated rings. The van der Waals surface area contributed by atoms with E-state index in [0.29, 0.717) is 19.1 Å². The van der Waals surface area contributed by atoms with E-state index in [4.69, 9.17) is 5.10 Å². The molecule has 2 N–H and O–H groups in total. The van der Waals surface area contributed by atoms with Crippen molar-refractivity contribution < 1.29 is 4.79 Å². The summed E-state index contributed by atoms with van der Waals surface area (Å²) in [5.41, 5.74) is 3.92. The number of rotatable bonds is 5. The molecule has 134 valence electrons. The van der Waals surface area contributed by atoms with Crippen LogP contribution in [-0.2, 0) is 25.9 Å². The molecule has 4 rings (SSSR count). The lowest BCUT2D eigenvalue weighted by atomic mass is 9.95. The lowest BCUT2D eigenvalue weighted by Gasteiger charge is -2.18. The van der Waals surface area contributed by atoms with Gasteiger partial charge in [0.05, 0.1) is 24.8 Å². The summed E-state index contributed by atoms with van der Waals surface area (Å²) in [7, 11) is 0. The number of amides is 2. The van der Waals surface area contributed by atoms with Gasteiger partial charge in [-0.3, -0.25) is 4.68 Å². The van der Waals surface area contributed by atoms with E-state index >= 15 is 0 Å². The minimum Gasteiger partial charge on any atom is -0.333 e. The summed E-state index contributed by atoms with van der Waals surface area (Å²) in [5, 5.41) is 12.9. The first-order valence-corrected chi connectivity index (χ1v) is 10.3. The third-order valence-electron chi connectivity index (χ3n) is 5.38. The summed E-state index contributed by atoms with van der Waals surface area (Å²) in [6.45, 7) is 1.11. The molecular weight excluding hydrogens is 332 g/mol. The van der Waals surface area contributed by atoms with Crippen LogP contribution in [0.3, 0.4) is 0 Å². The van der Waals surface area contributed by atoms with Crippen molar-refractivity contribution in [2.24, 2.45) is 0 Å². The number of urea groups is 1. The zero-order valence-electron chi connectivity index (χ0n) is 14.6. The van der Waals surface area contributed by atoms with E-state index in [0.717, 1.165) is 23.4 Å². The number of carbonyl (C=O) groups is 1. The van der Waals surface area contributed by atoms with Gasteiger partial charge in [0.1, 0.15) is 0 Å². The Labute approximate surface area is 152 Å². The fourth-order valence-electron chi connectivity index (χ4n) is 4.10. The van der Waals surface area contributed by atoms with Crippen LogP contribution in [0.4, 0.5) is 4.79 Å². The van der Waals surface area contributed by atoms with E-state index in [-0.39, 0.29) is 6.03 Å². The third-order valence-corrected chi connectivity index (χ3v) is 6.26. The summed E-state index contributed by atoms with van der Waals surface area (Å²) in [6.07, 6.45) is 9.89. The van der Waals surface area contributed by atoms with Crippen LogP contribution in [0, 0.1) is 0 Å². The highest BCUT2D eigenvalue weighted by Crippen LogP contribution is 2.34. The number of hydrogen-bond donors (Lipinski definition) is 2. The van der Waals surface area contributed by atoms with Crippen molar-refractivity contribution in [3.8, 4) is 0 Å². The average Bonchev–Trinajstić information content (AvgIpc) is 3.38. The number of thiophene rings is 1. The van der Waals surface area contributed by atoms with Crippen LogP contribution in [0.1, 0.15) is 66.4 Å². The molecule has 0 saturated heterocycles. The Morgan fingerprint density at radius 1 is 1.16 bits per heavy atom. The number of carbonyl (C=O) groups excluding carboxylic acids is 1. The van der Waals surface area contributed by atoms with Crippen molar-refractivity contribution in [2.75, 3.05) is 0 Å². The number of fused-ring (bicyclic) bond motifs is 1. The van der Waals surface area contributed by atoms with Crippen LogP contribution in [0.5, 0.6) is 0 Å². The van der Waals surface area contributed by atoms with Crippen LogP contribution in [0.25, 0.3) is 0 Å². The Kier molecular flexibility index (Phi) is 5.06. The number of aromatic nitrogens is 2. The SMILES string of the molecule is O=C(NCc1cccs1)NCc1nn(C2CCCC2)c2c1CCCC2. The molecule has 0 aliphatic heterocycles. The molecule has 2 aliphatic rings. The maximum absolute atomic E-state index is 12.1. The standard InChI is InChI=1S/C19H26N4OS/c24-19(20-12-15-8-5-11-25-15)21-13-17-16-9-3-4-10-18(16)23(22-17)14-6-1-2-7-14/h5,8,11,14H,1-4,6-7,9-10,12-13H2,(H2,20,21,24). The van der Waals surface area contributed by atoms with Crippen molar-refractivity contribution in [1.82, 2.24) is 20.4 Å². The van der Waals surface area contributed by atoms with Crippen LogP contribution in [0.2, 0.25) is 0 Å². The molecule has 0 bridgehead atoms. The van der Waals surface area contributed by atoms with Gasteiger partial charge >= 0.3 is 6.03 Å². The van der Waals surface area contributed by atoms with Gasteiger partial charge in [0.25, 0.3) is 0 Å². The monoisotopic (exact) mass is 358 g/mol. The van der Waals surface area contributed by atoms with E-state index in [2.05, 4.69) is 15.3 Å². The maximum Gasteiger partial charge on any atom is 0.315 e. The smallest absolute Gasteiger partial charge is 0.315 e. The number of nitrogens with one attached hydrogen (secondary N) is 2. The second-order valence-electron chi connectivity index (χ2n) is 7.08. The van der Waals surface area contributed by atoms with E-state index in [9.17, 15) is 4.79 Å². The summed E-state index contributed by atoms with van der Waals surface area (Å²) < 4.78 is 2.31. The Morgan fingerprint density at radius 3 is 2.76 bits per heavy atom. The molecule has 2 aliphatic carbocycles. The Morgan fingerprint density at radius 2 is 1.96 bits per heavy atom. The van der Waals surface area contributed by atoms with Gasteiger partial charge in [-0.25, -0.2) is 4.79 Å². The van der Waals surface area contributed by atoms with E-state index in [1.165, 1.54) is 49.8 Å². The largest absolute Gasteiger partial charge is 0.333 e. The van der Waals surface area contributed by atoms with Gasteiger partial charge in [-0.2, -0.15) is 5.10 Å². The molecule has 0 aromatic carbocycles. The zero-order valence-corrected chi connectivity index (χ0v) is 15.4. The summed E-state index contributed by atoms with van der Waals surface area (Å²) in [4.78, 5) is 13.3. The zero-order chi connectivity index (χ0) is 17.1. The molecule has 0 atom stereocenters. The Balaban J connectivity index is 1.40. The van der Waals surface area contributed by atoms with Crippen molar-refractivity contribution in [2.45, 2.75) is 70.5 Å². The molecule has 5 nitrogen and oxygen atoms in total. The first kappa shape index (κ1) is 16.6. The molecule has 0 radical (unpaired) electrons. The predicted molar refractivity (Wildman–Crippen MR) is 99.8 cm³/mol. The number of nitrogens with zero attached hydrogens (tertiary/aromatic N) is 2. The van der Waals surface area contributed by atoms with Gasteiger partial charge in [0.15, 0.2) is 0 Å². The van der Waals surface area contributed by atoms with Gasteiger partial charge in [-0.1, -0.05) is 18.9 Å². The molecule has 1 saturated carbocycles. The topological polar surface area (TPSA) is 59.0 Å². The molecule has 2 aromatic rings. The predicted octanol–water partition coefficient (Wildman–Crippen LogP) is 3.94. The fraction of sp³-hybridized carbons (Fsp3) is 0.579. The second kappa shape index (κ2) is 7.60. The maximum atomic E-state index is 12.1. The highest BCUT2D eigenvalue weighted by atomic mass is 32.1. The average molecular weight is 359 g/mol. The third kappa shape index (κ3) is 3.73. The van der Waals surface area contributed by atoms with Gasteiger partial charge in [0, 0.05) is 10.6 Å². The van der Waals surface area contributed by atoms with Gasteiger partial charge in [-0.15, -0.1) is 11.3 Å².